The number of hydrogen-bond acceptors (Lipinski definition) is 2. The van der Waals surface area contributed by atoms with Gasteiger partial charge in [-0.15, -0.1) is 0 Å². The van der Waals surface area contributed by atoms with E-state index in [1.807, 2.05) is 25.1 Å². The van der Waals surface area contributed by atoms with Crippen LogP contribution >= 0.6 is 15.9 Å². The normalized spacial score (nSPS) is 20.0. The van der Waals surface area contributed by atoms with Crippen LogP contribution in [0.25, 0.3) is 0 Å². The lowest BCUT2D eigenvalue weighted by atomic mass is 9.99. The number of rotatable bonds is 2. The van der Waals surface area contributed by atoms with Gasteiger partial charge in [0.15, 0.2) is 0 Å². The molecule has 2 N–H and O–H groups in total. The van der Waals surface area contributed by atoms with Crippen molar-refractivity contribution in [1.29, 1.82) is 0 Å². The van der Waals surface area contributed by atoms with Crippen LogP contribution in [0.5, 0.6) is 0 Å². The molecule has 1 fully saturated rings. The predicted molar refractivity (Wildman–Crippen MR) is 73.1 cm³/mol. The topological polar surface area (TPSA) is 41.1 Å². The van der Waals surface area contributed by atoms with Gasteiger partial charge in [-0.3, -0.25) is 4.79 Å². The summed E-state index contributed by atoms with van der Waals surface area (Å²) in [4.78, 5) is 12.0. The average Bonchev–Trinajstić information content (AvgIpc) is 2.28. The van der Waals surface area contributed by atoms with Crippen molar-refractivity contribution in [3.05, 3.63) is 28.2 Å². The summed E-state index contributed by atoms with van der Waals surface area (Å²) < 4.78 is 0.995. The van der Waals surface area contributed by atoms with Crippen LogP contribution in [0, 0.1) is 12.8 Å². The molecule has 0 radical (unpaired) electrons. The van der Waals surface area contributed by atoms with Gasteiger partial charge in [0.05, 0.1) is 5.92 Å². The van der Waals surface area contributed by atoms with Gasteiger partial charge in [-0.25, -0.2) is 0 Å². The van der Waals surface area contributed by atoms with Gasteiger partial charge >= 0.3 is 0 Å². The first-order valence-corrected chi connectivity index (χ1v) is 6.73. The molecule has 2 rings (SSSR count). The Labute approximate surface area is 110 Å². The SMILES string of the molecule is Cc1cc(Br)cc(NC(=O)[C@@H]2CCCNC2)c1. The molecule has 1 aliphatic heterocycles. The summed E-state index contributed by atoms with van der Waals surface area (Å²) in [5.41, 5.74) is 2.00. The smallest absolute Gasteiger partial charge is 0.228 e. The van der Waals surface area contributed by atoms with E-state index in [4.69, 9.17) is 0 Å². The van der Waals surface area contributed by atoms with Crippen LogP contribution in [0.3, 0.4) is 0 Å². The minimum Gasteiger partial charge on any atom is -0.326 e. The Morgan fingerprint density at radius 1 is 1.47 bits per heavy atom. The standard InChI is InChI=1S/C13H17BrN2O/c1-9-5-11(14)7-12(6-9)16-13(17)10-3-2-4-15-8-10/h5-7,10,15H,2-4,8H2,1H3,(H,16,17)/t10-/m1/s1. The summed E-state index contributed by atoms with van der Waals surface area (Å²) in [6.07, 6.45) is 2.06. The molecule has 1 atom stereocenters. The highest BCUT2D eigenvalue weighted by atomic mass is 79.9. The Hall–Kier alpha value is -0.870. The Bertz CT molecular complexity index is 394. The molecule has 17 heavy (non-hydrogen) atoms. The Balaban J connectivity index is 2.01. The molecule has 4 heteroatoms. The zero-order chi connectivity index (χ0) is 12.3. The van der Waals surface area contributed by atoms with Crippen molar-refractivity contribution in [2.24, 2.45) is 5.92 Å². The summed E-state index contributed by atoms with van der Waals surface area (Å²) in [5.74, 6) is 0.220. The number of carbonyl (C=O) groups is 1. The van der Waals surface area contributed by atoms with Crippen molar-refractivity contribution < 1.29 is 4.79 Å². The molecule has 1 aromatic carbocycles. The van der Waals surface area contributed by atoms with E-state index in [-0.39, 0.29) is 11.8 Å². The number of amides is 1. The van der Waals surface area contributed by atoms with E-state index in [2.05, 4.69) is 26.6 Å². The monoisotopic (exact) mass is 296 g/mol. The number of benzene rings is 1. The van der Waals surface area contributed by atoms with Gasteiger partial charge in [0, 0.05) is 16.7 Å². The van der Waals surface area contributed by atoms with Crippen LogP contribution in [0.1, 0.15) is 18.4 Å². The van der Waals surface area contributed by atoms with Crippen LogP contribution in [0.4, 0.5) is 5.69 Å². The summed E-state index contributed by atoms with van der Waals surface area (Å²) in [7, 11) is 0. The van der Waals surface area contributed by atoms with E-state index < -0.39 is 0 Å². The molecular weight excluding hydrogens is 280 g/mol. The fraction of sp³-hybridized carbons (Fsp3) is 0.462. The lowest BCUT2D eigenvalue weighted by Crippen LogP contribution is -2.37. The summed E-state index contributed by atoms with van der Waals surface area (Å²) in [6.45, 7) is 3.83. The number of nitrogens with one attached hydrogen (secondary N) is 2. The largest absolute Gasteiger partial charge is 0.326 e. The molecule has 0 aliphatic carbocycles. The average molecular weight is 297 g/mol. The van der Waals surface area contributed by atoms with Crippen molar-refractivity contribution in [2.75, 3.05) is 18.4 Å². The van der Waals surface area contributed by atoms with Crippen LogP contribution in [0.2, 0.25) is 0 Å². The van der Waals surface area contributed by atoms with Gasteiger partial charge in [-0.05, 0) is 50.1 Å². The molecule has 1 heterocycles. The highest BCUT2D eigenvalue weighted by molar-refractivity contribution is 9.10. The van der Waals surface area contributed by atoms with Gasteiger partial charge in [-0.1, -0.05) is 15.9 Å². The molecule has 0 spiro atoms. The van der Waals surface area contributed by atoms with Gasteiger partial charge < -0.3 is 10.6 Å². The lowest BCUT2D eigenvalue weighted by molar-refractivity contribution is -0.120. The Morgan fingerprint density at radius 3 is 2.94 bits per heavy atom. The predicted octanol–water partition coefficient (Wildman–Crippen LogP) is 2.70. The molecule has 3 nitrogen and oxygen atoms in total. The fourth-order valence-electron chi connectivity index (χ4n) is 2.13. The lowest BCUT2D eigenvalue weighted by Gasteiger charge is -2.22. The van der Waals surface area contributed by atoms with E-state index in [0.29, 0.717) is 0 Å². The molecule has 1 amide bonds. The number of carbonyl (C=O) groups excluding carboxylic acids is 1. The zero-order valence-corrected chi connectivity index (χ0v) is 11.5. The van der Waals surface area contributed by atoms with Crippen molar-refractivity contribution in [3.8, 4) is 0 Å². The first-order valence-electron chi connectivity index (χ1n) is 5.94. The number of piperidine rings is 1. The maximum Gasteiger partial charge on any atom is 0.228 e. The molecule has 92 valence electrons. The number of hydrogen-bond donors (Lipinski definition) is 2. The van der Waals surface area contributed by atoms with Gasteiger partial charge in [0.2, 0.25) is 5.91 Å². The first kappa shape index (κ1) is 12.6. The van der Waals surface area contributed by atoms with Crippen molar-refractivity contribution in [3.63, 3.8) is 0 Å². The van der Waals surface area contributed by atoms with Crippen molar-refractivity contribution in [2.45, 2.75) is 19.8 Å². The second kappa shape index (κ2) is 5.65. The van der Waals surface area contributed by atoms with Crippen LogP contribution < -0.4 is 10.6 Å². The van der Waals surface area contributed by atoms with Crippen LogP contribution in [-0.4, -0.2) is 19.0 Å². The molecule has 0 saturated carbocycles. The maximum absolute atomic E-state index is 12.0. The molecule has 0 aromatic heterocycles. The van der Waals surface area contributed by atoms with Crippen LogP contribution in [-0.2, 0) is 4.79 Å². The summed E-state index contributed by atoms with van der Waals surface area (Å²) in [6, 6.07) is 5.94. The van der Waals surface area contributed by atoms with Gasteiger partial charge in [-0.2, -0.15) is 0 Å². The molecule has 1 aliphatic rings. The van der Waals surface area contributed by atoms with E-state index in [1.54, 1.807) is 0 Å². The highest BCUT2D eigenvalue weighted by Gasteiger charge is 2.20. The second-order valence-electron chi connectivity index (χ2n) is 4.55. The minimum absolute atomic E-state index is 0.100. The highest BCUT2D eigenvalue weighted by Crippen LogP contribution is 2.20. The maximum atomic E-state index is 12.0. The minimum atomic E-state index is 0.100. The third-order valence-corrected chi connectivity index (χ3v) is 3.44. The van der Waals surface area contributed by atoms with E-state index in [9.17, 15) is 4.79 Å². The molecule has 0 unspecified atom stereocenters. The van der Waals surface area contributed by atoms with Crippen molar-refractivity contribution >= 4 is 27.5 Å². The summed E-state index contributed by atoms with van der Waals surface area (Å²) in [5, 5.41) is 6.24. The second-order valence-corrected chi connectivity index (χ2v) is 5.47. The Kier molecular flexibility index (Phi) is 4.18. The van der Waals surface area contributed by atoms with Gasteiger partial charge in [0.1, 0.15) is 0 Å². The third-order valence-electron chi connectivity index (χ3n) is 2.98. The molecule has 1 saturated heterocycles. The zero-order valence-electron chi connectivity index (χ0n) is 9.92. The van der Waals surface area contributed by atoms with E-state index in [1.165, 1.54) is 0 Å². The first-order chi connectivity index (χ1) is 8.15. The molecule has 1 aromatic rings. The fourth-order valence-corrected chi connectivity index (χ4v) is 2.74. The number of anilines is 1. The molecule has 0 bridgehead atoms. The van der Waals surface area contributed by atoms with E-state index >= 15 is 0 Å². The number of aryl methyl sites for hydroxylation is 1. The number of halogens is 1. The molecular formula is C13H17BrN2O. The van der Waals surface area contributed by atoms with Crippen molar-refractivity contribution in [1.82, 2.24) is 5.32 Å². The van der Waals surface area contributed by atoms with Gasteiger partial charge in [0.25, 0.3) is 0 Å². The Morgan fingerprint density at radius 2 is 2.29 bits per heavy atom. The quantitative estimate of drug-likeness (QED) is 0.881. The van der Waals surface area contributed by atoms with E-state index in [0.717, 1.165) is 41.7 Å². The third kappa shape index (κ3) is 3.54. The van der Waals surface area contributed by atoms with Crippen LogP contribution in [0.15, 0.2) is 22.7 Å². The summed E-state index contributed by atoms with van der Waals surface area (Å²) >= 11 is 3.44.